The second-order valence-electron chi connectivity index (χ2n) is 5.62. The zero-order chi connectivity index (χ0) is 13.7. The van der Waals surface area contributed by atoms with Crippen LogP contribution in [-0.4, -0.2) is 29.0 Å². The Labute approximate surface area is 113 Å². The summed E-state index contributed by atoms with van der Waals surface area (Å²) in [7, 11) is 3.91. The maximum absolute atomic E-state index is 12.5. The maximum atomic E-state index is 12.5. The minimum Gasteiger partial charge on any atom is -0.340 e. The van der Waals surface area contributed by atoms with Crippen molar-refractivity contribution in [3.63, 3.8) is 0 Å². The molecule has 2 heterocycles. The fraction of sp³-hybridized carbons (Fsp3) is 0.438. The molecular formula is C16H20N2O. The zero-order valence-electron chi connectivity index (χ0n) is 12.1. The van der Waals surface area contributed by atoms with E-state index in [4.69, 9.17) is 0 Å². The van der Waals surface area contributed by atoms with E-state index in [1.54, 1.807) is 0 Å². The molecule has 3 rings (SSSR count). The van der Waals surface area contributed by atoms with Gasteiger partial charge >= 0.3 is 0 Å². The molecule has 0 saturated carbocycles. The summed E-state index contributed by atoms with van der Waals surface area (Å²) in [5, 5.41) is 1.25. The Bertz CT molecular complexity index is 682. The highest BCUT2D eigenvalue weighted by Crippen LogP contribution is 2.32. The van der Waals surface area contributed by atoms with Gasteiger partial charge in [-0.25, -0.2) is 0 Å². The smallest absolute Gasteiger partial charge is 0.270 e. The summed E-state index contributed by atoms with van der Waals surface area (Å²) >= 11 is 0. The first kappa shape index (κ1) is 12.3. The van der Waals surface area contributed by atoms with Crippen molar-refractivity contribution in [1.82, 2.24) is 9.47 Å². The van der Waals surface area contributed by atoms with Gasteiger partial charge in [0.15, 0.2) is 0 Å². The summed E-state index contributed by atoms with van der Waals surface area (Å²) in [4.78, 5) is 14.4. The van der Waals surface area contributed by atoms with Crippen molar-refractivity contribution in [2.75, 3.05) is 13.6 Å². The van der Waals surface area contributed by atoms with E-state index in [0.29, 0.717) is 0 Å². The molecule has 0 N–H and O–H groups in total. The summed E-state index contributed by atoms with van der Waals surface area (Å²) in [5.41, 5.74) is 5.89. The SMILES string of the molecule is Cc1ccc2c3c(n(C)c2c1C)C(=O)N(C)CCC3. The van der Waals surface area contributed by atoms with Gasteiger partial charge in [-0.2, -0.15) is 0 Å². The fourth-order valence-electron chi connectivity index (χ4n) is 3.22. The highest BCUT2D eigenvalue weighted by molar-refractivity contribution is 6.03. The minimum atomic E-state index is 0.156. The van der Waals surface area contributed by atoms with E-state index in [1.807, 2.05) is 19.0 Å². The molecule has 0 radical (unpaired) electrons. The Morgan fingerprint density at radius 3 is 2.63 bits per heavy atom. The van der Waals surface area contributed by atoms with Gasteiger partial charge in [-0.3, -0.25) is 4.79 Å². The molecular weight excluding hydrogens is 236 g/mol. The van der Waals surface area contributed by atoms with Crippen LogP contribution in [0.5, 0.6) is 0 Å². The average Bonchev–Trinajstić information content (AvgIpc) is 2.57. The number of rotatable bonds is 0. The molecule has 1 aliphatic heterocycles. The lowest BCUT2D eigenvalue weighted by atomic mass is 10.0. The van der Waals surface area contributed by atoms with Gasteiger partial charge in [0.1, 0.15) is 5.69 Å². The molecule has 0 atom stereocenters. The summed E-state index contributed by atoms with van der Waals surface area (Å²) in [6, 6.07) is 4.34. The van der Waals surface area contributed by atoms with Crippen LogP contribution in [0.1, 0.15) is 33.6 Å². The normalized spacial score (nSPS) is 15.8. The van der Waals surface area contributed by atoms with Crippen molar-refractivity contribution >= 4 is 16.8 Å². The number of benzene rings is 1. The van der Waals surface area contributed by atoms with Crippen LogP contribution in [-0.2, 0) is 13.5 Å². The molecule has 0 aliphatic carbocycles. The van der Waals surface area contributed by atoms with Crippen LogP contribution < -0.4 is 0 Å². The number of aromatic nitrogens is 1. The molecule has 100 valence electrons. The van der Waals surface area contributed by atoms with E-state index in [2.05, 4.69) is 30.5 Å². The van der Waals surface area contributed by atoms with E-state index in [1.165, 1.54) is 27.6 Å². The van der Waals surface area contributed by atoms with Gasteiger partial charge in [0.2, 0.25) is 0 Å². The summed E-state index contributed by atoms with van der Waals surface area (Å²) in [6.45, 7) is 5.12. The van der Waals surface area contributed by atoms with E-state index < -0.39 is 0 Å². The Morgan fingerprint density at radius 2 is 1.89 bits per heavy atom. The maximum Gasteiger partial charge on any atom is 0.270 e. The second kappa shape index (κ2) is 4.12. The molecule has 0 saturated heterocycles. The van der Waals surface area contributed by atoms with E-state index in [0.717, 1.165) is 25.1 Å². The summed E-state index contributed by atoms with van der Waals surface area (Å²) in [5.74, 6) is 0.156. The first-order valence-electron chi connectivity index (χ1n) is 6.85. The molecule has 1 aromatic carbocycles. The van der Waals surface area contributed by atoms with Crippen LogP contribution in [0, 0.1) is 13.8 Å². The van der Waals surface area contributed by atoms with Crippen LogP contribution in [0.3, 0.4) is 0 Å². The van der Waals surface area contributed by atoms with E-state index >= 15 is 0 Å². The predicted molar refractivity (Wildman–Crippen MR) is 77.7 cm³/mol. The average molecular weight is 256 g/mol. The van der Waals surface area contributed by atoms with Crippen LogP contribution in [0.15, 0.2) is 12.1 Å². The number of hydrogen-bond acceptors (Lipinski definition) is 1. The standard InChI is InChI=1S/C16H20N2O/c1-10-7-8-13-12-6-5-9-17(3)16(19)15(12)18(4)14(13)11(10)2/h7-8H,5-6,9H2,1-4H3. The van der Waals surface area contributed by atoms with Crippen molar-refractivity contribution in [3.8, 4) is 0 Å². The Kier molecular flexibility index (Phi) is 2.66. The van der Waals surface area contributed by atoms with Crippen molar-refractivity contribution in [2.24, 2.45) is 7.05 Å². The lowest BCUT2D eigenvalue weighted by Gasteiger charge is -2.15. The van der Waals surface area contributed by atoms with Crippen LogP contribution in [0.25, 0.3) is 10.9 Å². The Morgan fingerprint density at radius 1 is 1.16 bits per heavy atom. The van der Waals surface area contributed by atoms with Crippen LogP contribution in [0.4, 0.5) is 0 Å². The first-order chi connectivity index (χ1) is 9.02. The van der Waals surface area contributed by atoms with E-state index in [-0.39, 0.29) is 5.91 Å². The number of hydrogen-bond donors (Lipinski definition) is 0. The Balaban J connectivity index is 2.41. The molecule has 1 aliphatic rings. The first-order valence-corrected chi connectivity index (χ1v) is 6.85. The third kappa shape index (κ3) is 1.61. The quantitative estimate of drug-likeness (QED) is 0.711. The van der Waals surface area contributed by atoms with Gasteiger partial charge in [0.05, 0.1) is 5.52 Å². The molecule has 0 unspecified atom stereocenters. The Hall–Kier alpha value is -1.77. The summed E-state index contributed by atoms with van der Waals surface area (Å²) in [6.07, 6.45) is 2.03. The molecule has 0 bridgehead atoms. The molecule has 1 aromatic heterocycles. The van der Waals surface area contributed by atoms with Gasteiger partial charge < -0.3 is 9.47 Å². The largest absolute Gasteiger partial charge is 0.340 e. The van der Waals surface area contributed by atoms with Gasteiger partial charge in [0, 0.05) is 26.0 Å². The minimum absolute atomic E-state index is 0.156. The van der Waals surface area contributed by atoms with Crippen LogP contribution in [0.2, 0.25) is 0 Å². The lowest BCUT2D eigenvalue weighted by molar-refractivity contribution is 0.0791. The van der Waals surface area contributed by atoms with Crippen LogP contribution >= 0.6 is 0 Å². The highest BCUT2D eigenvalue weighted by atomic mass is 16.2. The van der Waals surface area contributed by atoms with Crippen molar-refractivity contribution in [1.29, 1.82) is 0 Å². The van der Waals surface area contributed by atoms with Crippen molar-refractivity contribution in [2.45, 2.75) is 26.7 Å². The third-order valence-electron chi connectivity index (χ3n) is 4.45. The fourth-order valence-corrected chi connectivity index (χ4v) is 3.22. The van der Waals surface area contributed by atoms with Gasteiger partial charge in [-0.05, 0) is 43.4 Å². The summed E-state index contributed by atoms with van der Waals surface area (Å²) < 4.78 is 2.09. The molecule has 1 amide bonds. The molecule has 3 nitrogen and oxygen atoms in total. The highest BCUT2D eigenvalue weighted by Gasteiger charge is 2.26. The molecule has 2 aromatic rings. The van der Waals surface area contributed by atoms with Gasteiger partial charge in [-0.15, -0.1) is 0 Å². The number of carbonyl (C=O) groups excluding carboxylic acids is 1. The van der Waals surface area contributed by atoms with Crippen molar-refractivity contribution < 1.29 is 4.79 Å². The third-order valence-corrected chi connectivity index (χ3v) is 4.45. The molecule has 19 heavy (non-hydrogen) atoms. The van der Waals surface area contributed by atoms with E-state index in [9.17, 15) is 4.79 Å². The topological polar surface area (TPSA) is 25.2 Å². The predicted octanol–water partition coefficient (Wildman–Crippen LogP) is 2.81. The van der Waals surface area contributed by atoms with Gasteiger partial charge in [0.25, 0.3) is 5.91 Å². The second-order valence-corrected chi connectivity index (χ2v) is 5.62. The lowest BCUT2D eigenvalue weighted by Crippen LogP contribution is -2.27. The number of carbonyl (C=O) groups is 1. The number of nitrogens with zero attached hydrogens (tertiary/aromatic N) is 2. The van der Waals surface area contributed by atoms with Gasteiger partial charge in [-0.1, -0.05) is 12.1 Å². The zero-order valence-corrected chi connectivity index (χ0v) is 12.1. The monoisotopic (exact) mass is 256 g/mol. The molecule has 0 fully saturated rings. The number of amides is 1. The molecule has 0 spiro atoms. The number of aryl methyl sites for hydroxylation is 4. The molecule has 3 heteroatoms. The number of fused-ring (bicyclic) bond motifs is 3. The van der Waals surface area contributed by atoms with Crippen molar-refractivity contribution in [3.05, 3.63) is 34.5 Å².